The summed E-state index contributed by atoms with van der Waals surface area (Å²) in [4.78, 5) is 29.3. The molecule has 2 saturated heterocycles. The van der Waals surface area contributed by atoms with Gasteiger partial charge in [-0.15, -0.1) is 0 Å². The fourth-order valence-corrected chi connectivity index (χ4v) is 6.18. The van der Waals surface area contributed by atoms with Crippen molar-refractivity contribution in [2.75, 3.05) is 11.4 Å². The number of carbonyl (C=O) groups excluding carboxylic acids is 2. The number of urea groups is 1. The first-order valence-corrected chi connectivity index (χ1v) is 13.5. The highest BCUT2D eigenvalue weighted by Crippen LogP contribution is 2.47. The van der Waals surface area contributed by atoms with Gasteiger partial charge in [0.25, 0.3) is 5.91 Å². The summed E-state index contributed by atoms with van der Waals surface area (Å²) in [5.41, 5.74) is 0.623. The topological polar surface area (TPSA) is 70.1 Å². The monoisotopic (exact) mass is 416 g/mol. The number of benzene rings is 1. The second kappa shape index (κ2) is 6.92. The molecule has 158 valence electrons. The van der Waals surface area contributed by atoms with Gasteiger partial charge < -0.3 is 14.4 Å². The predicted octanol–water partition coefficient (Wildman–Crippen LogP) is 3.61. The molecule has 1 aromatic carbocycles. The summed E-state index contributed by atoms with van der Waals surface area (Å²) in [5, 5.41) is 10.8. The van der Waals surface area contributed by atoms with E-state index in [1.165, 1.54) is 4.90 Å². The van der Waals surface area contributed by atoms with E-state index in [2.05, 4.69) is 33.9 Å². The van der Waals surface area contributed by atoms with Gasteiger partial charge in [0.2, 0.25) is 0 Å². The maximum atomic E-state index is 13.3. The highest BCUT2D eigenvalue weighted by Gasteiger charge is 2.59. The van der Waals surface area contributed by atoms with Gasteiger partial charge in [-0.25, -0.2) is 9.69 Å². The Morgan fingerprint density at radius 2 is 1.76 bits per heavy atom. The lowest BCUT2D eigenvalue weighted by atomic mass is 9.75. The Kier molecular flexibility index (Phi) is 4.91. The van der Waals surface area contributed by atoms with E-state index >= 15 is 0 Å². The van der Waals surface area contributed by atoms with Gasteiger partial charge in [-0.1, -0.05) is 39.0 Å². The molecule has 0 unspecified atom stereocenters. The lowest BCUT2D eigenvalue weighted by Gasteiger charge is -2.44. The second-order valence-electron chi connectivity index (χ2n) is 10.3. The van der Waals surface area contributed by atoms with Crippen LogP contribution in [0.15, 0.2) is 30.3 Å². The molecule has 0 spiro atoms. The summed E-state index contributed by atoms with van der Waals surface area (Å²) in [6, 6.07) is 8.46. The number of aliphatic hydroxyl groups is 1. The average molecular weight is 417 g/mol. The highest BCUT2D eigenvalue weighted by atomic mass is 28.4. The zero-order valence-electron chi connectivity index (χ0n) is 18.0. The molecule has 1 N–H and O–H groups in total. The number of imide groups is 1. The summed E-state index contributed by atoms with van der Waals surface area (Å²) in [7, 11) is -2.04. The van der Waals surface area contributed by atoms with Crippen molar-refractivity contribution in [1.82, 2.24) is 4.90 Å². The van der Waals surface area contributed by atoms with Crippen molar-refractivity contribution in [2.24, 2.45) is 11.8 Å². The van der Waals surface area contributed by atoms with Gasteiger partial charge in [-0.2, -0.15) is 0 Å². The normalized spacial score (nSPS) is 32.6. The molecule has 29 heavy (non-hydrogen) atoms. The number of rotatable bonds is 3. The van der Waals surface area contributed by atoms with Gasteiger partial charge in [0.1, 0.15) is 6.04 Å². The lowest BCUT2D eigenvalue weighted by molar-refractivity contribution is -0.121. The number of amides is 3. The van der Waals surface area contributed by atoms with E-state index in [9.17, 15) is 14.7 Å². The van der Waals surface area contributed by atoms with Crippen LogP contribution in [0.25, 0.3) is 0 Å². The number of carbonyl (C=O) groups is 2. The van der Waals surface area contributed by atoms with E-state index in [0.717, 1.165) is 0 Å². The molecule has 3 aliphatic rings. The van der Waals surface area contributed by atoms with Crippen molar-refractivity contribution in [1.29, 1.82) is 0 Å². The standard InChI is InChI=1S/C22H32N2O4Si/c1-22(2,3)29(4,5)28-18-12-16-14(11-17(18)25)13-23-19(16)20(26)24(21(23)27)15-9-7-6-8-10-15/h6-10,14,16-19,25H,11-13H2,1-5H3/t14-,16-,17+,18-,19-/m1/s1. The third-order valence-corrected chi connectivity index (χ3v) is 11.9. The molecule has 3 fully saturated rings. The second-order valence-corrected chi connectivity index (χ2v) is 15.0. The molecule has 2 aliphatic heterocycles. The molecule has 6 nitrogen and oxygen atoms in total. The summed E-state index contributed by atoms with van der Waals surface area (Å²) in [6.45, 7) is 11.5. The molecular formula is C22H32N2O4Si. The number of aliphatic hydroxyl groups excluding tert-OH is 1. The number of nitrogens with zero attached hydrogens (tertiary/aromatic N) is 2. The van der Waals surface area contributed by atoms with E-state index in [-0.39, 0.29) is 34.9 Å². The van der Waals surface area contributed by atoms with E-state index < -0.39 is 20.5 Å². The van der Waals surface area contributed by atoms with Crippen LogP contribution in [0, 0.1) is 11.8 Å². The Hall–Kier alpha value is -1.70. The highest BCUT2D eigenvalue weighted by molar-refractivity contribution is 6.74. The van der Waals surface area contributed by atoms with Crippen LogP contribution in [-0.4, -0.2) is 55.1 Å². The van der Waals surface area contributed by atoms with Crippen molar-refractivity contribution >= 4 is 25.9 Å². The van der Waals surface area contributed by atoms with Gasteiger partial charge in [0.05, 0.1) is 17.9 Å². The Morgan fingerprint density at radius 1 is 1.10 bits per heavy atom. The number of para-hydroxylation sites is 1. The molecule has 4 rings (SSSR count). The molecule has 0 aromatic heterocycles. The summed E-state index contributed by atoms with van der Waals surface area (Å²) >= 11 is 0. The fourth-order valence-electron chi connectivity index (χ4n) is 4.81. The third-order valence-electron chi connectivity index (χ3n) is 7.43. The SMILES string of the molecule is CC(C)(C)[Si](C)(C)O[C@@H]1C[C@@H]2[C@H](C[C@@H]1O)CN1C(=O)N(c3ccccc3)C(=O)[C@@H]21. The molecule has 7 heteroatoms. The maximum Gasteiger partial charge on any atom is 0.332 e. The van der Waals surface area contributed by atoms with Crippen LogP contribution in [0.1, 0.15) is 33.6 Å². The van der Waals surface area contributed by atoms with E-state index in [1.807, 2.05) is 18.2 Å². The van der Waals surface area contributed by atoms with Gasteiger partial charge in [-0.3, -0.25) is 4.79 Å². The number of anilines is 1. The minimum Gasteiger partial charge on any atom is -0.411 e. The van der Waals surface area contributed by atoms with Crippen molar-refractivity contribution < 1.29 is 19.1 Å². The molecule has 1 saturated carbocycles. The predicted molar refractivity (Wildman–Crippen MR) is 114 cm³/mol. The summed E-state index contributed by atoms with van der Waals surface area (Å²) in [6.07, 6.45) is 0.399. The molecule has 5 atom stereocenters. The van der Waals surface area contributed by atoms with Gasteiger partial charge >= 0.3 is 6.03 Å². The Labute approximate surface area is 174 Å². The maximum absolute atomic E-state index is 13.3. The Morgan fingerprint density at radius 3 is 2.38 bits per heavy atom. The molecular weight excluding hydrogens is 384 g/mol. The van der Waals surface area contributed by atoms with Crippen LogP contribution < -0.4 is 4.90 Å². The first-order chi connectivity index (χ1) is 13.5. The Bertz CT molecular complexity index is 807. The first kappa shape index (κ1) is 20.6. The fraction of sp³-hybridized carbons (Fsp3) is 0.636. The van der Waals surface area contributed by atoms with Gasteiger partial charge in [-0.05, 0) is 54.9 Å². The summed E-state index contributed by atoms with van der Waals surface area (Å²) in [5.74, 6) is 0.0505. The number of hydrogen-bond donors (Lipinski definition) is 1. The molecule has 0 bridgehead atoms. The van der Waals surface area contributed by atoms with Crippen LogP contribution in [0.3, 0.4) is 0 Å². The molecule has 1 aliphatic carbocycles. The minimum atomic E-state index is -2.04. The van der Waals surface area contributed by atoms with Crippen LogP contribution >= 0.6 is 0 Å². The average Bonchev–Trinajstić information content (AvgIpc) is 3.10. The van der Waals surface area contributed by atoms with Crippen molar-refractivity contribution in [3.8, 4) is 0 Å². The van der Waals surface area contributed by atoms with Gasteiger partial charge in [0.15, 0.2) is 8.32 Å². The zero-order valence-corrected chi connectivity index (χ0v) is 19.0. The van der Waals surface area contributed by atoms with Crippen molar-refractivity contribution in [2.45, 2.75) is 70.0 Å². The van der Waals surface area contributed by atoms with Crippen LogP contribution in [-0.2, 0) is 9.22 Å². The Balaban J connectivity index is 1.56. The molecule has 3 amide bonds. The van der Waals surface area contributed by atoms with Crippen LogP contribution in [0.4, 0.5) is 10.5 Å². The third kappa shape index (κ3) is 3.33. The van der Waals surface area contributed by atoms with E-state index in [0.29, 0.717) is 25.1 Å². The van der Waals surface area contributed by atoms with Crippen molar-refractivity contribution in [3.63, 3.8) is 0 Å². The quantitative estimate of drug-likeness (QED) is 0.604. The van der Waals surface area contributed by atoms with Gasteiger partial charge in [0, 0.05) is 6.54 Å². The lowest BCUT2D eigenvalue weighted by Crippen LogP contribution is -2.51. The molecule has 2 heterocycles. The molecule has 1 aromatic rings. The smallest absolute Gasteiger partial charge is 0.332 e. The molecule has 0 radical (unpaired) electrons. The number of fused-ring (bicyclic) bond motifs is 3. The van der Waals surface area contributed by atoms with E-state index in [4.69, 9.17) is 4.43 Å². The number of hydrogen-bond acceptors (Lipinski definition) is 4. The van der Waals surface area contributed by atoms with Crippen molar-refractivity contribution in [3.05, 3.63) is 30.3 Å². The largest absolute Gasteiger partial charge is 0.411 e. The van der Waals surface area contributed by atoms with Crippen LogP contribution in [0.5, 0.6) is 0 Å². The zero-order chi connectivity index (χ0) is 21.1. The van der Waals surface area contributed by atoms with Crippen LogP contribution in [0.2, 0.25) is 18.1 Å². The van der Waals surface area contributed by atoms with E-state index in [1.54, 1.807) is 17.0 Å². The minimum absolute atomic E-state index is 0.0401. The summed E-state index contributed by atoms with van der Waals surface area (Å²) < 4.78 is 6.55. The first-order valence-electron chi connectivity index (χ1n) is 10.6.